The lowest BCUT2D eigenvalue weighted by Gasteiger charge is -2.12. The standard InChI is InChI=1S/C23H25NO3/c1-2-3-4-7-17-12-13-21-18(14-17)8-5-11-22(21)24-19-9-6-10-20(15-19)27-16-23(25)26/h5-6,8-15,24H,2-4,7,16H2,1H3,(H,25,26). The van der Waals surface area contributed by atoms with E-state index in [0.717, 1.165) is 23.2 Å². The number of hydrogen-bond donors (Lipinski definition) is 2. The van der Waals surface area contributed by atoms with Crippen molar-refractivity contribution in [3.05, 3.63) is 66.2 Å². The van der Waals surface area contributed by atoms with Gasteiger partial charge in [0.1, 0.15) is 5.75 Å². The predicted molar refractivity (Wildman–Crippen MR) is 110 cm³/mol. The summed E-state index contributed by atoms with van der Waals surface area (Å²) >= 11 is 0. The highest BCUT2D eigenvalue weighted by molar-refractivity contribution is 5.95. The maximum Gasteiger partial charge on any atom is 0.341 e. The maximum atomic E-state index is 10.7. The molecule has 0 aliphatic carbocycles. The Hall–Kier alpha value is -3.01. The zero-order valence-corrected chi connectivity index (χ0v) is 15.6. The molecule has 0 fully saturated rings. The molecule has 0 atom stereocenters. The van der Waals surface area contributed by atoms with Crippen LogP contribution in [-0.2, 0) is 11.2 Å². The van der Waals surface area contributed by atoms with E-state index in [2.05, 4.69) is 36.5 Å². The Morgan fingerprint density at radius 1 is 1.04 bits per heavy atom. The molecule has 27 heavy (non-hydrogen) atoms. The third-order valence-corrected chi connectivity index (χ3v) is 4.49. The van der Waals surface area contributed by atoms with Gasteiger partial charge in [-0.3, -0.25) is 0 Å². The monoisotopic (exact) mass is 363 g/mol. The molecule has 3 rings (SSSR count). The Morgan fingerprint density at radius 3 is 2.70 bits per heavy atom. The van der Waals surface area contributed by atoms with Crippen LogP contribution >= 0.6 is 0 Å². The quantitative estimate of drug-likeness (QED) is 0.473. The van der Waals surface area contributed by atoms with Crippen LogP contribution in [0.1, 0.15) is 31.7 Å². The molecule has 0 saturated heterocycles. The number of hydrogen-bond acceptors (Lipinski definition) is 3. The molecule has 0 heterocycles. The van der Waals surface area contributed by atoms with Gasteiger partial charge in [-0.15, -0.1) is 0 Å². The number of nitrogens with one attached hydrogen (secondary N) is 1. The van der Waals surface area contributed by atoms with Gasteiger partial charge in [-0.1, -0.05) is 56.2 Å². The summed E-state index contributed by atoms with van der Waals surface area (Å²) in [5.74, 6) is -0.460. The van der Waals surface area contributed by atoms with E-state index in [4.69, 9.17) is 9.84 Å². The molecule has 0 amide bonds. The van der Waals surface area contributed by atoms with Gasteiger partial charge < -0.3 is 15.2 Å². The van der Waals surface area contributed by atoms with Crippen molar-refractivity contribution < 1.29 is 14.6 Å². The molecule has 3 aromatic carbocycles. The molecule has 0 spiro atoms. The fraction of sp³-hybridized carbons (Fsp3) is 0.261. The van der Waals surface area contributed by atoms with E-state index >= 15 is 0 Å². The van der Waals surface area contributed by atoms with Crippen molar-refractivity contribution in [3.63, 3.8) is 0 Å². The molecule has 0 radical (unpaired) electrons. The highest BCUT2D eigenvalue weighted by Gasteiger charge is 2.05. The fourth-order valence-corrected chi connectivity index (χ4v) is 3.14. The van der Waals surface area contributed by atoms with Gasteiger partial charge in [-0.05, 0) is 42.0 Å². The molecule has 0 aliphatic rings. The van der Waals surface area contributed by atoms with Gasteiger partial charge in [-0.2, -0.15) is 0 Å². The Bertz CT molecular complexity index is 920. The average Bonchev–Trinajstić information content (AvgIpc) is 2.67. The zero-order chi connectivity index (χ0) is 19.1. The third-order valence-electron chi connectivity index (χ3n) is 4.49. The van der Waals surface area contributed by atoms with Crippen LogP contribution in [0, 0.1) is 0 Å². The molecule has 0 bridgehead atoms. The summed E-state index contributed by atoms with van der Waals surface area (Å²) in [7, 11) is 0. The Balaban J connectivity index is 1.78. The summed E-state index contributed by atoms with van der Waals surface area (Å²) in [5, 5.41) is 14.5. The van der Waals surface area contributed by atoms with Crippen LogP contribution in [0.4, 0.5) is 11.4 Å². The SMILES string of the molecule is CCCCCc1ccc2c(Nc3cccc(OCC(=O)O)c3)cccc2c1. The van der Waals surface area contributed by atoms with Crippen LogP contribution < -0.4 is 10.1 Å². The average molecular weight is 363 g/mol. The second-order valence-corrected chi connectivity index (χ2v) is 6.65. The first-order valence-electron chi connectivity index (χ1n) is 9.39. The number of carboxylic acid groups (broad SMARTS) is 1. The number of anilines is 2. The Morgan fingerprint density at radius 2 is 1.89 bits per heavy atom. The van der Waals surface area contributed by atoms with Crippen LogP contribution in [0.15, 0.2) is 60.7 Å². The maximum absolute atomic E-state index is 10.7. The van der Waals surface area contributed by atoms with Gasteiger partial charge in [-0.25, -0.2) is 4.79 Å². The molecule has 4 heteroatoms. The number of aliphatic carboxylic acids is 1. The highest BCUT2D eigenvalue weighted by atomic mass is 16.5. The Kier molecular flexibility index (Phi) is 6.31. The largest absolute Gasteiger partial charge is 0.482 e. The van der Waals surface area contributed by atoms with E-state index in [0.29, 0.717) is 5.75 Å². The van der Waals surface area contributed by atoms with Gasteiger partial charge in [0.2, 0.25) is 0 Å². The number of ether oxygens (including phenoxy) is 1. The van der Waals surface area contributed by atoms with Crippen LogP contribution in [0.2, 0.25) is 0 Å². The predicted octanol–water partition coefficient (Wildman–Crippen LogP) is 5.78. The van der Waals surface area contributed by atoms with E-state index in [1.165, 1.54) is 30.2 Å². The number of carboxylic acids is 1. The van der Waals surface area contributed by atoms with Gasteiger partial charge >= 0.3 is 5.97 Å². The number of benzene rings is 3. The second-order valence-electron chi connectivity index (χ2n) is 6.65. The lowest BCUT2D eigenvalue weighted by molar-refractivity contribution is -0.139. The van der Waals surface area contributed by atoms with E-state index in [9.17, 15) is 4.79 Å². The molecule has 3 aromatic rings. The first-order valence-corrected chi connectivity index (χ1v) is 9.39. The topological polar surface area (TPSA) is 58.6 Å². The lowest BCUT2D eigenvalue weighted by Crippen LogP contribution is -2.09. The molecule has 140 valence electrons. The fourth-order valence-electron chi connectivity index (χ4n) is 3.14. The van der Waals surface area contributed by atoms with Crippen molar-refractivity contribution in [3.8, 4) is 5.75 Å². The van der Waals surface area contributed by atoms with Crippen molar-refractivity contribution >= 4 is 28.1 Å². The summed E-state index contributed by atoms with van der Waals surface area (Å²) < 4.78 is 5.26. The van der Waals surface area contributed by atoms with Gasteiger partial charge in [0.05, 0.1) is 0 Å². The van der Waals surface area contributed by atoms with Gasteiger partial charge in [0.15, 0.2) is 6.61 Å². The van der Waals surface area contributed by atoms with Crippen molar-refractivity contribution in [2.75, 3.05) is 11.9 Å². The minimum absolute atomic E-state index is 0.349. The molecule has 0 aliphatic heterocycles. The van der Waals surface area contributed by atoms with Crippen LogP contribution in [-0.4, -0.2) is 17.7 Å². The van der Waals surface area contributed by atoms with Crippen molar-refractivity contribution in [2.24, 2.45) is 0 Å². The summed E-state index contributed by atoms with van der Waals surface area (Å²) in [4.78, 5) is 10.7. The van der Waals surface area contributed by atoms with Crippen LogP contribution in [0.3, 0.4) is 0 Å². The normalized spacial score (nSPS) is 10.7. The summed E-state index contributed by atoms with van der Waals surface area (Å²) in [6.07, 6.45) is 4.84. The van der Waals surface area contributed by atoms with Crippen LogP contribution in [0.5, 0.6) is 5.75 Å². The number of fused-ring (bicyclic) bond motifs is 1. The second kappa shape index (κ2) is 9.08. The van der Waals surface area contributed by atoms with E-state index in [1.54, 1.807) is 12.1 Å². The molecule has 0 aromatic heterocycles. The summed E-state index contributed by atoms with van der Waals surface area (Å²) in [5.41, 5.74) is 3.25. The van der Waals surface area contributed by atoms with Crippen LogP contribution in [0.25, 0.3) is 10.8 Å². The summed E-state index contributed by atoms with van der Waals surface area (Å²) in [6, 6.07) is 20.2. The van der Waals surface area contributed by atoms with E-state index in [-0.39, 0.29) is 6.61 Å². The number of unbranched alkanes of at least 4 members (excludes halogenated alkanes) is 2. The third kappa shape index (κ3) is 5.23. The van der Waals surface area contributed by atoms with Crippen molar-refractivity contribution in [1.82, 2.24) is 0 Å². The molecule has 2 N–H and O–H groups in total. The molecule has 0 unspecified atom stereocenters. The molecule has 4 nitrogen and oxygen atoms in total. The first-order chi connectivity index (χ1) is 13.2. The van der Waals surface area contributed by atoms with Gasteiger partial charge in [0, 0.05) is 22.8 Å². The Labute approximate surface area is 159 Å². The number of rotatable bonds is 9. The molecular formula is C23H25NO3. The zero-order valence-electron chi connectivity index (χ0n) is 15.6. The van der Waals surface area contributed by atoms with Crippen molar-refractivity contribution in [2.45, 2.75) is 32.6 Å². The number of carbonyl (C=O) groups is 1. The minimum Gasteiger partial charge on any atom is -0.482 e. The highest BCUT2D eigenvalue weighted by Crippen LogP contribution is 2.29. The minimum atomic E-state index is -0.989. The molecular weight excluding hydrogens is 338 g/mol. The lowest BCUT2D eigenvalue weighted by atomic mass is 10.0. The molecule has 0 saturated carbocycles. The summed E-state index contributed by atoms with van der Waals surface area (Å²) in [6.45, 7) is 1.87. The number of aryl methyl sites for hydroxylation is 1. The van der Waals surface area contributed by atoms with Crippen molar-refractivity contribution in [1.29, 1.82) is 0 Å². The van der Waals surface area contributed by atoms with E-state index < -0.39 is 5.97 Å². The smallest absolute Gasteiger partial charge is 0.341 e. The van der Waals surface area contributed by atoms with E-state index in [1.807, 2.05) is 24.3 Å². The first kappa shape index (κ1) is 18.8. The van der Waals surface area contributed by atoms with Gasteiger partial charge in [0.25, 0.3) is 0 Å².